The third kappa shape index (κ3) is 4.50. The van der Waals surface area contributed by atoms with E-state index in [1.807, 2.05) is 24.5 Å². The summed E-state index contributed by atoms with van der Waals surface area (Å²) in [6.07, 6.45) is 6.06. The van der Waals surface area contributed by atoms with Crippen molar-refractivity contribution in [3.63, 3.8) is 0 Å². The second-order valence-corrected chi connectivity index (χ2v) is 7.14. The Kier molecular flexibility index (Phi) is 6.05. The number of nitrogens with one attached hydrogen (secondary N) is 1. The van der Waals surface area contributed by atoms with Crippen LogP contribution in [0.1, 0.15) is 31.9 Å². The van der Waals surface area contributed by atoms with Crippen molar-refractivity contribution < 1.29 is 19.1 Å². The lowest BCUT2D eigenvalue weighted by molar-refractivity contribution is -0.142. The van der Waals surface area contributed by atoms with Gasteiger partial charge in [-0.25, -0.2) is 4.98 Å². The Morgan fingerprint density at radius 1 is 1.35 bits per heavy atom. The fourth-order valence-electron chi connectivity index (χ4n) is 3.20. The molecule has 0 bridgehead atoms. The molecule has 2 aromatic rings. The molecule has 1 aliphatic heterocycles. The monoisotopic (exact) mass is 377 g/mol. The lowest BCUT2D eigenvalue weighted by Crippen LogP contribution is -2.42. The SMILES string of the molecule is CCOC(=O)Cc1csc(NC(=O)CC2(n3cccc3)CCOCC2)n1. The van der Waals surface area contributed by atoms with Gasteiger partial charge in [0, 0.05) is 31.0 Å². The number of ether oxygens (including phenoxy) is 2. The maximum Gasteiger partial charge on any atom is 0.311 e. The van der Waals surface area contributed by atoms with Crippen LogP contribution in [0.3, 0.4) is 0 Å². The van der Waals surface area contributed by atoms with E-state index < -0.39 is 0 Å². The minimum absolute atomic E-state index is 0.0855. The summed E-state index contributed by atoms with van der Waals surface area (Å²) in [7, 11) is 0. The Bertz CT molecular complexity index is 735. The molecule has 1 aliphatic rings. The molecule has 7 nitrogen and oxygen atoms in total. The largest absolute Gasteiger partial charge is 0.466 e. The number of anilines is 1. The summed E-state index contributed by atoms with van der Waals surface area (Å²) >= 11 is 1.31. The van der Waals surface area contributed by atoms with Crippen LogP contribution < -0.4 is 5.32 Å². The highest BCUT2D eigenvalue weighted by Crippen LogP contribution is 2.33. The number of aromatic nitrogens is 2. The normalized spacial score (nSPS) is 16.2. The van der Waals surface area contributed by atoms with E-state index >= 15 is 0 Å². The summed E-state index contributed by atoms with van der Waals surface area (Å²) in [5.74, 6) is -0.401. The number of rotatable bonds is 7. The van der Waals surface area contributed by atoms with Crippen LogP contribution in [-0.2, 0) is 31.0 Å². The summed E-state index contributed by atoms with van der Waals surface area (Å²) in [4.78, 5) is 28.5. The molecule has 26 heavy (non-hydrogen) atoms. The molecule has 0 unspecified atom stereocenters. The quantitative estimate of drug-likeness (QED) is 0.750. The highest BCUT2D eigenvalue weighted by Gasteiger charge is 2.36. The number of nitrogens with zero attached hydrogens (tertiary/aromatic N) is 2. The van der Waals surface area contributed by atoms with Crippen LogP contribution in [0.2, 0.25) is 0 Å². The van der Waals surface area contributed by atoms with Crippen molar-refractivity contribution in [2.45, 2.75) is 38.1 Å². The van der Waals surface area contributed by atoms with Crippen LogP contribution in [0, 0.1) is 0 Å². The Balaban J connectivity index is 1.62. The fraction of sp³-hybridized carbons (Fsp3) is 0.500. The molecular formula is C18H23N3O4S. The highest BCUT2D eigenvalue weighted by molar-refractivity contribution is 7.13. The smallest absolute Gasteiger partial charge is 0.311 e. The minimum Gasteiger partial charge on any atom is -0.466 e. The zero-order valence-electron chi connectivity index (χ0n) is 14.8. The standard InChI is InChI=1S/C18H23N3O4S/c1-2-25-16(23)11-14-13-26-17(19-14)20-15(22)12-18(5-9-24-10-6-18)21-7-3-4-8-21/h3-4,7-8,13H,2,5-6,9-12H2,1H3,(H,19,20,22). The lowest BCUT2D eigenvalue weighted by atomic mass is 9.86. The van der Waals surface area contributed by atoms with Crippen LogP contribution >= 0.6 is 11.3 Å². The molecule has 0 aromatic carbocycles. The molecule has 0 radical (unpaired) electrons. The van der Waals surface area contributed by atoms with E-state index in [1.54, 1.807) is 12.3 Å². The van der Waals surface area contributed by atoms with E-state index in [0.717, 1.165) is 12.8 Å². The summed E-state index contributed by atoms with van der Waals surface area (Å²) in [5, 5.41) is 5.13. The molecular weight excluding hydrogens is 354 g/mol. The molecule has 1 amide bonds. The van der Waals surface area contributed by atoms with E-state index in [4.69, 9.17) is 9.47 Å². The van der Waals surface area contributed by atoms with E-state index in [-0.39, 0.29) is 23.8 Å². The van der Waals surface area contributed by atoms with Gasteiger partial charge in [0.15, 0.2) is 5.13 Å². The first-order valence-electron chi connectivity index (χ1n) is 8.72. The highest BCUT2D eigenvalue weighted by atomic mass is 32.1. The van der Waals surface area contributed by atoms with Crippen LogP contribution in [0.4, 0.5) is 5.13 Å². The van der Waals surface area contributed by atoms with Crippen LogP contribution in [0.5, 0.6) is 0 Å². The maximum atomic E-state index is 12.6. The van der Waals surface area contributed by atoms with E-state index in [9.17, 15) is 9.59 Å². The van der Waals surface area contributed by atoms with Crippen molar-refractivity contribution in [2.24, 2.45) is 0 Å². The van der Waals surface area contributed by atoms with Gasteiger partial charge in [0.1, 0.15) is 0 Å². The first-order valence-corrected chi connectivity index (χ1v) is 9.60. The fourth-order valence-corrected chi connectivity index (χ4v) is 3.92. The molecule has 1 saturated heterocycles. The zero-order valence-corrected chi connectivity index (χ0v) is 15.6. The topological polar surface area (TPSA) is 82.5 Å². The van der Waals surface area contributed by atoms with Crippen LogP contribution in [-0.4, -0.2) is 41.2 Å². The van der Waals surface area contributed by atoms with Gasteiger partial charge in [-0.05, 0) is 31.9 Å². The van der Waals surface area contributed by atoms with Gasteiger partial charge in [-0.3, -0.25) is 9.59 Å². The Labute approximate surface area is 156 Å². The van der Waals surface area contributed by atoms with Gasteiger partial charge >= 0.3 is 5.97 Å². The summed E-state index contributed by atoms with van der Waals surface area (Å²) in [6.45, 7) is 3.40. The molecule has 1 fully saturated rings. The number of hydrogen-bond acceptors (Lipinski definition) is 6. The molecule has 0 atom stereocenters. The van der Waals surface area contributed by atoms with Gasteiger partial charge in [-0.15, -0.1) is 11.3 Å². The Morgan fingerprint density at radius 2 is 2.08 bits per heavy atom. The molecule has 0 spiro atoms. The van der Waals surface area contributed by atoms with E-state index in [0.29, 0.717) is 37.1 Å². The summed E-state index contributed by atoms with van der Waals surface area (Å²) in [6, 6.07) is 3.94. The number of esters is 1. The van der Waals surface area contributed by atoms with Crippen molar-refractivity contribution in [3.05, 3.63) is 35.6 Å². The Morgan fingerprint density at radius 3 is 2.77 bits per heavy atom. The summed E-state index contributed by atoms with van der Waals surface area (Å²) in [5.41, 5.74) is 0.339. The van der Waals surface area contributed by atoms with Gasteiger partial charge in [-0.1, -0.05) is 0 Å². The average Bonchev–Trinajstić information content (AvgIpc) is 3.28. The van der Waals surface area contributed by atoms with Crippen LogP contribution in [0.15, 0.2) is 29.9 Å². The average molecular weight is 377 g/mol. The summed E-state index contributed by atoms with van der Waals surface area (Å²) < 4.78 is 12.5. The minimum atomic E-state index is -0.315. The second kappa shape index (κ2) is 8.46. The molecule has 140 valence electrons. The predicted octanol–water partition coefficient (Wildman–Crippen LogP) is 2.58. The third-order valence-electron chi connectivity index (χ3n) is 4.49. The second-order valence-electron chi connectivity index (χ2n) is 6.28. The lowest BCUT2D eigenvalue weighted by Gasteiger charge is -2.38. The number of thiazole rings is 1. The van der Waals surface area contributed by atoms with Crippen molar-refractivity contribution in [3.8, 4) is 0 Å². The van der Waals surface area contributed by atoms with Crippen molar-refractivity contribution >= 4 is 28.3 Å². The van der Waals surface area contributed by atoms with Crippen LogP contribution in [0.25, 0.3) is 0 Å². The molecule has 8 heteroatoms. The molecule has 2 aromatic heterocycles. The number of carbonyl (C=O) groups is 2. The van der Waals surface area contributed by atoms with Gasteiger partial charge < -0.3 is 19.4 Å². The Hall–Kier alpha value is -2.19. The number of amides is 1. The first-order chi connectivity index (χ1) is 12.6. The van der Waals surface area contributed by atoms with Crippen molar-refractivity contribution in [1.29, 1.82) is 0 Å². The number of carbonyl (C=O) groups excluding carboxylic acids is 2. The number of hydrogen-bond donors (Lipinski definition) is 1. The van der Waals surface area contributed by atoms with E-state index in [2.05, 4.69) is 14.9 Å². The third-order valence-corrected chi connectivity index (χ3v) is 5.30. The van der Waals surface area contributed by atoms with Gasteiger partial charge in [0.05, 0.1) is 30.7 Å². The van der Waals surface area contributed by atoms with E-state index in [1.165, 1.54) is 11.3 Å². The molecule has 0 aliphatic carbocycles. The first kappa shape index (κ1) is 18.6. The molecule has 0 saturated carbocycles. The zero-order chi connectivity index (χ0) is 18.4. The van der Waals surface area contributed by atoms with Crippen molar-refractivity contribution in [1.82, 2.24) is 9.55 Å². The maximum absolute atomic E-state index is 12.6. The van der Waals surface area contributed by atoms with Gasteiger partial charge in [0.25, 0.3) is 0 Å². The molecule has 1 N–H and O–H groups in total. The van der Waals surface area contributed by atoms with Gasteiger partial charge in [-0.2, -0.15) is 0 Å². The molecule has 3 heterocycles. The van der Waals surface area contributed by atoms with Gasteiger partial charge in [0.2, 0.25) is 5.91 Å². The predicted molar refractivity (Wildman–Crippen MR) is 98.2 cm³/mol. The molecule has 3 rings (SSSR count). The van der Waals surface area contributed by atoms with Crippen molar-refractivity contribution in [2.75, 3.05) is 25.1 Å².